The van der Waals surface area contributed by atoms with Gasteiger partial charge in [0.25, 0.3) is 0 Å². The molecule has 0 fully saturated rings. The number of methoxy groups -OCH3 is 1. The van der Waals surface area contributed by atoms with Crippen molar-refractivity contribution in [1.82, 2.24) is 14.6 Å². The maximum absolute atomic E-state index is 13.5. The number of fused-ring (bicyclic) bond motifs is 2. The molecule has 0 N–H and O–H groups in total. The lowest BCUT2D eigenvalue weighted by Gasteiger charge is -2.28. The van der Waals surface area contributed by atoms with Crippen molar-refractivity contribution in [3.05, 3.63) is 70.7 Å². The Labute approximate surface area is 194 Å². The van der Waals surface area contributed by atoms with Crippen molar-refractivity contribution in [3.8, 4) is 5.75 Å². The Morgan fingerprint density at radius 3 is 2.59 bits per heavy atom. The molecule has 3 aromatic carbocycles. The number of rotatable bonds is 5. The van der Waals surface area contributed by atoms with Crippen molar-refractivity contribution in [1.29, 1.82) is 0 Å². The van der Waals surface area contributed by atoms with Crippen molar-refractivity contribution >= 4 is 44.4 Å². The molecule has 5 rings (SSSR count). The van der Waals surface area contributed by atoms with Crippen LogP contribution in [-0.2, 0) is 23.0 Å². The molecule has 1 aliphatic heterocycles. The van der Waals surface area contributed by atoms with Gasteiger partial charge in [-0.15, -0.1) is 0 Å². The fraction of sp³-hybridized carbons (Fsp3) is 0.182. The first-order chi connectivity index (χ1) is 15.5. The predicted molar refractivity (Wildman–Crippen MR) is 122 cm³/mol. The molecule has 0 amide bonds. The Hall–Kier alpha value is -2.59. The van der Waals surface area contributed by atoms with Crippen LogP contribution in [0.2, 0.25) is 5.02 Å². The van der Waals surface area contributed by atoms with E-state index in [1.807, 2.05) is 42.5 Å². The van der Waals surface area contributed by atoms with E-state index in [2.05, 4.69) is 10.3 Å². The molecule has 10 heteroatoms. The van der Waals surface area contributed by atoms with E-state index in [-0.39, 0.29) is 17.0 Å². The van der Waals surface area contributed by atoms with Crippen molar-refractivity contribution in [2.24, 2.45) is 0 Å². The summed E-state index contributed by atoms with van der Waals surface area (Å²) in [6, 6.07) is 16.5. The molecule has 0 atom stereocenters. The maximum atomic E-state index is 13.5. The largest absolute Gasteiger partial charge is 0.497 e. The number of aromatic nitrogens is 2. The molecule has 32 heavy (non-hydrogen) atoms. The third kappa shape index (κ3) is 3.86. The first-order valence-corrected chi connectivity index (χ1v) is 12.4. The van der Waals surface area contributed by atoms with Crippen molar-refractivity contribution < 1.29 is 17.8 Å². The molecule has 0 unspecified atom stereocenters. The van der Waals surface area contributed by atoms with Gasteiger partial charge >= 0.3 is 0 Å². The van der Waals surface area contributed by atoms with Gasteiger partial charge in [-0.1, -0.05) is 29.4 Å². The third-order valence-corrected chi connectivity index (χ3v) is 8.56. The standard InChI is InChI=1S/C22H18ClN3O4S2/c1-29-17-4-6-18(7-5-17)31-19-8-9-20(22-21(19)24-30-25-22)32(27,28)26-11-10-14-2-3-16(23)12-15(14)13-26/h2-9,12H,10-11,13H2,1H3. The summed E-state index contributed by atoms with van der Waals surface area (Å²) in [5.41, 5.74) is 2.65. The van der Waals surface area contributed by atoms with E-state index in [1.54, 1.807) is 19.2 Å². The first-order valence-electron chi connectivity index (χ1n) is 9.80. The molecule has 4 aromatic rings. The van der Waals surface area contributed by atoms with Gasteiger partial charge in [0.05, 0.1) is 7.11 Å². The number of ether oxygens (including phenoxy) is 1. The van der Waals surface area contributed by atoms with Crippen LogP contribution in [-0.4, -0.2) is 36.7 Å². The van der Waals surface area contributed by atoms with Crippen molar-refractivity contribution in [3.63, 3.8) is 0 Å². The highest BCUT2D eigenvalue weighted by atomic mass is 35.5. The van der Waals surface area contributed by atoms with Gasteiger partial charge in [0.1, 0.15) is 10.6 Å². The second kappa shape index (κ2) is 8.40. The summed E-state index contributed by atoms with van der Waals surface area (Å²) in [7, 11) is -2.20. The minimum atomic E-state index is -3.81. The highest BCUT2D eigenvalue weighted by Crippen LogP contribution is 2.37. The fourth-order valence-electron chi connectivity index (χ4n) is 3.73. The second-order valence-electron chi connectivity index (χ2n) is 7.30. The second-order valence-corrected chi connectivity index (χ2v) is 10.8. The van der Waals surface area contributed by atoms with E-state index in [0.717, 1.165) is 26.7 Å². The summed E-state index contributed by atoms with van der Waals surface area (Å²) in [4.78, 5) is 1.79. The van der Waals surface area contributed by atoms with E-state index in [9.17, 15) is 8.42 Å². The molecule has 164 valence electrons. The van der Waals surface area contributed by atoms with E-state index in [0.29, 0.717) is 23.5 Å². The summed E-state index contributed by atoms with van der Waals surface area (Å²) in [6.45, 7) is 0.638. The molecule has 2 heterocycles. The van der Waals surface area contributed by atoms with E-state index >= 15 is 0 Å². The highest BCUT2D eigenvalue weighted by molar-refractivity contribution is 7.99. The molecular formula is C22H18ClN3O4S2. The average molecular weight is 488 g/mol. The van der Waals surface area contributed by atoms with Gasteiger partial charge in [-0.3, -0.25) is 0 Å². The SMILES string of the molecule is COc1ccc(Sc2ccc(S(=O)(=O)N3CCc4ccc(Cl)cc4C3)c3nonc23)cc1. The predicted octanol–water partition coefficient (Wildman–Crippen LogP) is 4.78. The number of benzene rings is 3. The van der Waals surface area contributed by atoms with Crippen molar-refractivity contribution in [2.75, 3.05) is 13.7 Å². The molecule has 0 saturated carbocycles. The highest BCUT2D eigenvalue weighted by Gasteiger charge is 2.31. The fourth-order valence-corrected chi connectivity index (χ4v) is 6.35. The van der Waals surface area contributed by atoms with Gasteiger partial charge in [-0.05, 0) is 76.4 Å². The maximum Gasteiger partial charge on any atom is 0.245 e. The minimum Gasteiger partial charge on any atom is -0.497 e. The van der Waals surface area contributed by atoms with Gasteiger partial charge in [-0.25, -0.2) is 13.0 Å². The number of hydrogen-bond donors (Lipinski definition) is 0. The average Bonchev–Trinajstić information content (AvgIpc) is 3.29. The first kappa shape index (κ1) is 21.3. The van der Waals surface area contributed by atoms with Crippen molar-refractivity contribution in [2.45, 2.75) is 27.7 Å². The Morgan fingerprint density at radius 2 is 1.81 bits per heavy atom. The molecular weight excluding hydrogens is 470 g/mol. The molecule has 1 aromatic heterocycles. The molecule has 1 aliphatic rings. The van der Waals surface area contributed by atoms with Gasteiger partial charge in [0, 0.05) is 27.9 Å². The van der Waals surface area contributed by atoms with Crippen LogP contribution in [0.5, 0.6) is 5.75 Å². The lowest BCUT2D eigenvalue weighted by atomic mass is 10.0. The summed E-state index contributed by atoms with van der Waals surface area (Å²) >= 11 is 7.56. The zero-order valence-corrected chi connectivity index (χ0v) is 19.4. The smallest absolute Gasteiger partial charge is 0.245 e. The molecule has 7 nitrogen and oxygen atoms in total. The number of sulfonamides is 1. The molecule has 0 spiro atoms. The summed E-state index contributed by atoms with van der Waals surface area (Å²) in [5.74, 6) is 0.758. The van der Waals surface area contributed by atoms with Crippen LogP contribution < -0.4 is 4.74 Å². The Morgan fingerprint density at radius 1 is 1.03 bits per heavy atom. The molecule has 0 saturated heterocycles. The minimum absolute atomic E-state index is 0.0818. The molecule has 0 radical (unpaired) electrons. The number of nitrogens with zero attached hydrogens (tertiary/aromatic N) is 3. The van der Waals surface area contributed by atoms with Crippen LogP contribution in [0, 0.1) is 0 Å². The summed E-state index contributed by atoms with van der Waals surface area (Å²) < 4.78 is 38.6. The normalized spacial score (nSPS) is 14.4. The lowest BCUT2D eigenvalue weighted by molar-refractivity contribution is 0.314. The third-order valence-electron chi connectivity index (χ3n) is 5.39. The van der Waals surface area contributed by atoms with E-state index < -0.39 is 10.0 Å². The Balaban J connectivity index is 1.48. The van der Waals surface area contributed by atoms with Crippen LogP contribution in [0.3, 0.4) is 0 Å². The van der Waals surface area contributed by atoms with Crippen LogP contribution in [0.4, 0.5) is 0 Å². The Bertz CT molecular complexity index is 1400. The van der Waals surface area contributed by atoms with Gasteiger partial charge < -0.3 is 4.74 Å². The number of halogens is 1. The zero-order valence-electron chi connectivity index (χ0n) is 17.0. The zero-order chi connectivity index (χ0) is 22.3. The van der Waals surface area contributed by atoms with E-state index in [1.165, 1.54) is 16.1 Å². The van der Waals surface area contributed by atoms with Gasteiger partial charge in [-0.2, -0.15) is 4.31 Å². The molecule has 0 bridgehead atoms. The monoisotopic (exact) mass is 487 g/mol. The van der Waals surface area contributed by atoms with Crippen LogP contribution in [0.15, 0.2) is 73.9 Å². The lowest BCUT2D eigenvalue weighted by Crippen LogP contribution is -2.36. The van der Waals surface area contributed by atoms with E-state index in [4.69, 9.17) is 21.0 Å². The topological polar surface area (TPSA) is 85.5 Å². The summed E-state index contributed by atoms with van der Waals surface area (Å²) in [6.07, 6.45) is 0.622. The number of hydrogen-bond acceptors (Lipinski definition) is 7. The van der Waals surface area contributed by atoms with Gasteiger partial charge in [0.15, 0.2) is 11.0 Å². The summed E-state index contributed by atoms with van der Waals surface area (Å²) in [5, 5.41) is 8.49. The quantitative estimate of drug-likeness (QED) is 0.400. The van der Waals surface area contributed by atoms with Crippen LogP contribution in [0.1, 0.15) is 11.1 Å². The van der Waals surface area contributed by atoms with Gasteiger partial charge in [0.2, 0.25) is 10.0 Å². The van der Waals surface area contributed by atoms with Crippen LogP contribution >= 0.6 is 23.4 Å². The molecule has 0 aliphatic carbocycles. The van der Waals surface area contributed by atoms with Crippen LogP contribution in [0.25, 0.3) is 11.0 Å². The Kier molecular flexibility index (Phi) is 5.58.